The van der Waals surface area contributed by atoms with Crippen LogP contribution in [0.4, 0.5) is 0 Å². The number of methoxy groups -OCH3 is 1. The minimum absolute atomic E-state index is 0.0278. The van der Waals surface area contributed by atoms with Crippen molar-refractivity contribution >= 4 is 15.9 Å². The lowest BCUT2D eigenvalue weighted by Gasteiger charge is -2.43. The van der Waals surface area contributed by atoms with E-state index < -0.39 is 15.6 Å². The van der Waals surface area contributed by atoms with Crippen molar-refractivity contribution in [2.45, 2.75) is 30.3 Å². The van der Waals surface area contributed by atoms with Crippen LogP contribution in [0.5, 0.6) is 0 Å². The zero-order valence-corrected chi connectivity index (χ0v) is 14.8. The number of piperidine rings is 1. The van der Waals surface area contributed by atoms with E-state index in [1.54, 1.807) is 12.0 Å². The first kappa shape index (κ1) is 18.9. The molecule has 0 spiro atoms. The molecule has 0 radical (unpaired) electrons. The summed E-state index contributed by atoms with van der Waals surface area (Å²) in [6.07, 6.45) is 1.02. The molecule has 8 heteroatoms. The fourth-order valence-electron chi connectivity index (χ4n) is 2.97. The first-order valence-corrected chi connectivity index (χ1v) is 9.35. The van der Waals surface area contributed by atoms with Gasteiger partial charge in [-0.2, -0.15) is 0 Å². The molecule has 0 aromatic heterocycles. The van der Waals surface area contributed by atoms with E-state index in [1.165, 1.54) is 24.3 Å². The zero-order valence-electron chi connectivity index (χ0n) is 13.9. The number of benzene rings is 1. The Morgan fingerprint density at radius 1 is 1.42 bits per heavy atom. The quantitative estimate of drug-likeness (QED) is 0.802. The Hall–Kier alpha value is -1.48. The third-order valence-electron chi connectivity index (χ3n) is 4.68. The van der Waals surface area contributed by atoms with Gasteiger partial charge in [0.2, 0.25) is 10.0 Å². The Morgan fingerprint density at radius 3 is 2.54 bits per heavy atom. The maximum absolute atomic E-state index is 12.6. The van der Waals surface area contributed by atoms with E-state index in [0.717, 1.165) is 0 Å². The number of nitrogens with zero attached hydrogens (tertiary/aromatic N) is 1. The molecule has 2 rings (SSSR count). The van der Waals surface area contributed by atoms with E-state index in [4.69, 9.17) is 9.88 Å². The minimum Gasteiger partial charge on any atom is -0.389 e. The third-order valence-corrected chi connectivity index (χ3v) is 5.61. The van der Waals surface area contributed by atoms with Gasteiger partial charge in [0.05, 0.1) is 10.5 Å². The number of primary sulfonamides is 1. The second-order valence-corrected chi connectivity index (χ2v) is 7.88. The first-order chi connectivity index (χ1) is 11.2. The van der Waals surface area contributed by atoms with Crippen molar-refractivity contribution < 1.29 is 23.1 Å². The van der Waals surface area contributed by atoms with Crippen LogP contribution in [0.15, 0.2) is 29.2 Å². The Kier molecular flexibility index (Phi) is 5.64. The number of nitrogens with two attached hydrogens (primary N) is 1. The number of rotatable bonds is 5. The van der Waals surface area contributed by atoms with Crippen molar-refractivity contribution in [2.24, 2.45) is 11.1 Å². The van der Waals surface area contributed by atoms with Crippen LogP contribution >= 0.6 is 0 Å². The van der Waals surface area contributed by atoms with Gasteiger partial charge in [-0.15, -0.1) is 0 Å². The van der Waals surface area contributed by atoms with Gasteiger partial charge in [-0.1, -0.05) is 6.92 Å². The monoisotopic (exact) mass is 356 g/mol. The Balaban J connectivity index is 2.07. The normalized spacial score (nSPS) is 24.8. The van der Waals surface area contributed by atoms with E-state index >= 15 is 0 Å². The topological polar surface area (TPSA) is 110 Å². The molecule has 1 aliphatic heterocycles. The molecule has 1 amide bonds. The molecule has 1 aromatic rings. The number of likely N-dealkylation sites (tertiary alicyclic amines) is 1. The van der Waals surface area contributed by atoms with E-state index in [2.05, 4.69) is 0 Å². The standard InChI is InChI=1S/C16H24N2O5S/c1-12-11-18(9-7-16(12,20)8-10-23-2)15(19)13-3-5-14(6-4-13)24(17,21)22/h3-6,12,20H,7-11H2,1-2H3,(H2,17,21,22)/t12-,16-/m0/s1. The number of sulfonamides is 1. The van der Waals surface area contributed by atoms with Crippen molar-refractivity contribution in [1.82, 2.24) is 4.90 Å². The maximum Gasteiger partial charge on any atom is 0.253 e. The van der Waals surface area contributed by atoms with Crippen LogP contribution in [0.1, 0.15) is 30.1 Å². The smallest absolute Gasteiger partial charge is 0.253 e. The summed E-state index contributed by atoms with van der Waals surface area (Å²) < 4.78 is 27.6. The van der Waals surface area contributed by atoms with Gasteiger partial charge in [0.25, 0.3) is 5.91 Å². The summed E-state index contributed by atoms with van der Waals surface area (Å²) in [7, 11) is -2.18. The number of aliphatic hydroxyl groups is 1. The Bertz CT molecular complexity index is 689. The largest absolute Gasteiger partial charge is 0.389 e. The second-order valence-electron chi connectivity index (χ2n) is 6.32. The van der Waals surface area contributed by atoms with Crippen LogP contribution < -0.4 is 5.14 Å². The van der Waals surface area contributed by atoms with Crippen LogP contribution in [-0.2, 0) is 14.8 Å². The summed E-state index contributed by atoms with van der Waals surface area (Å²) in [6, 6.07) is 5.56. The van der Waals surface area contributed by atoms with E-state index in [0.29, 0.717) is 38.1 Å². The highest BCUT2D eigenvalue weighted by Gasteiger charge is 2.39. The summed E-state index contributed by atoms with van der Waals surface area (Å²) in [5.74, 6) is -0.259. The molecule has 1 heterocycles. The molecular weight excluding hydrogens is 332 g/mol. The number of carbonyl (C=O) groups is 1. The molecule has 24 heavy (non-hydrogen) atoms. The molecule has 0 unspecified atom stereocenters. The molecular formula is C16H24N2O5S. The molecule has 1 aromatic carbocycles. The fraction of sp³-hybridized carbons (Fsp3) is 0.562. The highest BCUT2D eigenvalue weighted by molar-refractivity contribution is 7.89. The van der Waals surface area contributed by atoms with Crippen molar-refractivity contribution in [3.8, 4) is 0 Å². The van der Waals surface area contributed by atoms with Crippen molar-refractivity contribution in [3.05, 3.63) is 29.8 Å². The average Bonchev–Trinajstić information content (AvgIpc) is 2.54. The minimum atomic E-state index is -3.77. The summed E-state index contributed by atoms with van der Waals surface area (Å²) >= 11 is 0. The lowest BCUT2D eigenvalue weighted by Crippen LogP contribution is -2.52. The van der Waals surface area contributed by atoms with Crippen molar-refractivity contribution in [1.29, 1.82) is 0 Å². The van der Waals surface area contributed by atoms with Gasteiger partial charge >= 0.3 is 0 Å². The van der Waals surface area contributed by atoms with Crippen LogP contribution in [0.25, 0.3) is 0 Å². The first-order valence-electron chi connectivity index (χ1n) is 7.81. The fourth-order valence-corrected chi connectivity index (χ4v) is 3.49. The van der Waals surface area contributed by atoms with Gasteiger partial charge in [0.15, 0.2) is 0 Å². The summed E-state index contributed by atoms with van der Waals surface area (Å²) in [6.45, 7) is 3.28. The number of ether oxygens (including phenoxy) is 1. The van der Waals surface area contributed by atoms with Gasteiger partial charge in [0.1, 0.15) is 0 Å². The van der Waals surface area contributed by atoms with E-state index in [-0.39, 0.29) is 16.7 Å². The molecule has 0 bridgehead atoms. The molecule has 1 saturated heterocycles. The molecule has 1 aliphatic rings. The number of hydrogen-bond acceptors (Lipinski definition) is 5. The van der Waals surface area contributed by atoms with Gasteiger partial charge in [-0.05, 0) is 37.1 Å². The van der Waals surface area contributed by atoms with Crippen molar-refractivity contribution in [2.75, 3.05) is 26.8 Å². The lowest BCUT2D eigenvalue weighted by molar-refractivity contribution is -0.0750. The second kappa shape index (κ2) is 7.18. The maximum atomic E-state index is 12.6. The molecule has 3 N–H and O–H groups in total. The predicted molar refractivity (Wildman–Crippen MR) is 88.9 cm³/mol. The number of hydrogen-bond donors (Lipinski definition) is 2. The van der Waals surface area contributed by atoms with Crippen LogP contribution in [0, 0.1) is 5.92 Å². The Morgan fingerprint density at radius 2 is 2.04 bits per heavy atom. The predicted octanol–water partition coefficient (Wildman–Crippen LogP) is 0.584. The van der Waals surface area contributed by atoms with Gasteiger partial charge in [-0.3, -0.25) is 4.79 Å². The highest BCUT2D eigenvalue weighted by Crippen LogP contribution is 2.31. The molecule has 0 aliphatic carbocycles. The Labute approximate surface area is 142 Å². The number of amides is 1. The van der Waals surface area contributed by atoms with E-state index in [1.807, 2.05) is 6.92 Å². The third kappa shape index (κ3) is 4.13. The molecule has 7 nitrogen and oxygen atoms in total. The van der Waals surface area contributed by atoms with Crippen LogP contribution in [-0.4, -0.2) is 56.7 Å². The summed E-state index contributed by atoms with van der Waals surface area (Å²) in [5.41, 5.74) is -0.429. The molecule has 0 saturated carbocycles. The number of carbonyl (C=O) groups excluding carboxylic acids is 1. The van der Waals surface area contributed by atoms with Crippen molar-refractivity contribution in [3.63, 3.8) is 0 Å². The van der Waals surface area contributed by atoms with Crippen LogP contribution in [0.3, 0.4) is 0 Å². The van der Waals surface area contributed by atoms with Gasteiger partial charge in [0, 0.05) is 38.3 Å². The molecule has 134 valence electrons. The lowest BCUT2D eigenvalue weighted by atomic mass is 9.79. The van der Waals surface area contributed by atoms with E-state index in [9.17, 15) is 18.3 Å². The van der Waals surface area contributed by atoms with Gasteiger partial charge < -0.3 is 14.7 Å². The van der Waals surface area contributed by atoms with Gasteiger partial charge in [-0.25, -0.2) is 13.6 Å². The summed E-state index contributed by atoms with van der Waals surface area (Å²) in [5, 5.41) is 15.7. The van der Waals surface area contributed by atoms with Crippen LogP contribution in [0.2, 0.25) is 0 Å². The SMILES string of the molecule is COCC[C@@]1(O)CCN(C(=O)c2ccc(S(N)(=O)=O)cc2)C[C@@H]1C. The highest BCUT2D eigenvalue weighted by atomic mass is 32.2. The summed E-state index contributed by atoms with van der Waals surface area (Å²) in [4.78, 5) is 14.2. The zero-order chi connectivity index (χ0) is 18.0. The average molecular weight is 356 g/mol. The molecule has 1 fully saturated rings. The molecule has 2 atom stereocenters.